The third kappa shape index (κ3) is 3.84. The number of methoxy groups -OCH3 is 3. The van der Waals surface area contributed by atoms with Crippen molar-refractivity contribution >= 4 is 23.4 Å². The van der Waals surface area contributed by atoms with Crippen molar-refractivity contribution in [2.24, 2.45) is 0 Å². The highest BCUT2D eigenvalue weighted by Crippen LogP contribution is 2.43. The van der Waals surface area contributed by atoms with Gasteiger partial charge in [0.05, 0.1) is 32.9 Å². The lowest BCUT2D eigenvalue weighted by Gasteiger charge is -2.24. The molecule has 9 heteroatoms. The summed E-state index contributed by atoms with van der Waals surface area (Å²) in [6, 6.07) is 12.1. The van der Waals surface area contributed by atoms with E-state index in [9.17, 15) is 14.7 Å². The summed E-state index contributed by atoms with van der Waals surface area (Å²) >= 11 is 0. The second kappa shape index (κ2) is 8.99. The largest absolute Gasteiger partial charge is 0.507 e. The van der Waals surface area contributed by atoms with Gasteiger partial charge in [0.1, 0.15) is 11.5 Å². The summed E-state index contributed by atoms with van der Waals surface area (Å²) in [5.74, 6) is -0.529. The van der Waals surface area contributed by atoms with E-state index in [1.807, 2.05) is 0 Å². The van der Waals surface area contributed by atoms with Gasteiger partial charge in [0, 0.05) is 18.0 Å². The fourth-order valence-electron chi connectivity index (χ4n) is 3.70. The van der Waals surface area contributed by atoms with Gasteiger partial charge in [0.2, 0.25) is 5.95 Å². The highest BCUT2D eigenvalue weighted by Gasteiger charge is 2.48. The molecule has 1 aliphatic rings. The van der Waals surface area contributed by atoms with Gasteiger partial charge in [-0.1, -0.05) is 6.07 Å². The first-order valence-corrected chi connectivity index (χ1v) is 9.94. The Balaban J connectivity index is 1.94. The number of aromatic nitrogens is 2. The lowest BCUT2D eigenvalue weighted by molar-refractivity contribution is -0.132. The predicted octanol–water partition coefficient (Wildman–Crippen LogP) is 3.13. The van der Waals surface area contributed by atoms with Crippen LogP contribution in [0.2, 0.25) is 0 Å². The third-order valence-electron chi connectivity index (χ3n) is 5.30. The molecule has 1 fully saturated rings. The zero-order valence-electron chi connectivity index (χ0n) is 18.2. The molecule has 33 heavy (non-hydrogen) atoms. The van der Waals surface area contributed by atoms with Gasteiger partial charge >= 0.3 is 5.91 Å². The number of carbonyl (C=O) groups is 2. The van der Waals surface area contributed by atoms with Crippen molar-refractivity contribution in [3.63, 3.8) is 0 Å². The van der Waals surface area contributed by atoms with Gasteiger partial charge in [-0.3, -0.25) is 14.5 Å². The summed E-state index contributed by atoms with van der Waals surface area (Å²) in [5, 5.41) is 11.1. The standard InChI is InChI=1S/C24H21N3O6/c1-31-16-8-5-14(6-9-16)21(28)19-20(15-7-10-17(32-2)18(13-15)33-3)27(23(30)22(19)29)24-25-11-4-12-26-24/h4-13,20,28H,1-3H3. The Bertz CT molecular complexity index is 1220. The number of aliphatic hydroxyl groups is 1. The first-order valence-electron chi connectivity index (χ1n) is 9.94. The molecule has 1 aliphatic heterocycles. The second-order valence-corrected chi connectivity index (χ2v) is 7.06. The minimum atomic E-state index is -0.991. The summed E-state index contributed by atoms with van der Waals surface area (Å²) in [4.78, 5) is 35.7. The third-order valence-corrected chi connectivity index (χ3v) is 5.30. The molecular formula is C24H21N3O6. The van der Waals surface area contributed by atoms with Crippen molar-refractivity contribution in [2.75, 3.05) is 26.2 Å². The number of hydrogen-bond acceptors (Lipinski definition) is 8. The Morgan fingerprint density at radius 1 is 0.909 bits per heavy atom. The lowest BCUT2D eigenvalue weighted by Crippen LogP contribution is -2.31. The van der Waals surface area contributed by atoms with Crippen molar-refractivity contribution in [3.05, 3.63) is 77.6 Å². The van der Waals surface area contributed by atoms with Gasteiger partial charge in [-0.05, 0) is 48.0 Å². The summed E-state index contributed by atoms with van der Waals surface area (Å²) in [6.45, 7) is 0. The number of ketones is 1. The van der Waals surface area contributed by atoms with Crippen LogP contribution in [-0.4, -0.2) is 48.1 Å². The topological polar surface area (TPSA) is 111 Å². The highest BCUT2D eigenvalue weighted by molar-refractivity contribution is 6.51. The molecule has 1 atom stereocenters. The minimum Gasteiger partial charge on any atom is -0.507 e. The molecule has 3 aromatic rings. The van der Waals surface area contributed by atoms with E-state index >= 15 is 0 Å². The van der Waals surface area contributed by atoms with E-state index in [0.29, 0.717) is 28.4 Å². The molecule has 0 bridgehead atoms. The van der Waals surface area contributed by atoms with E-state index in [2.05, 4.69) is 9.97 Å². The monoisotopic (exact) mass is 447 g/mol. The van der Waals surface area contributed by atoms with Crippen LogP contribution in [0.15, 0.2) is 66.5 Å². The quantitative estimate of drug-likeness (QED) is 0.349. The number of carbonyl (C=O) groups excluding carboxylic acids is 2. The number of ether oxygens (including phenoxy) is 3. The number of amides is 1. The van der Waals surface area contributed by atoms with Crippen molar-refractivity contribution in [1.29, 1.82) is 0 Å². The van der Waals surface area contributed by atoms with E-state index < -0.39 is 17.7 Å². The number of Topliss-reactive ketones (excluding diaryl/α,β-unsaturated/α-hetero) is 1. The Hall–Kier alpha value is -4.40. The smallest absolute Gasteiger partial charge is 0.302 e. The van der Waals surface area contributed by atoms with Gasteiger partial charge in [0.25, 0.3) is 5.78 Å². The van der Waals surface area contributed by atoms with E-state index in [0.717, 1.165) is 0 Å². The van der Waals surface area contributed by atoms with Gasteiger partial charge in [-0.25, -0.2) is 9.97 Å². The average Bonchev–Trinajstić information content (AvgIpc) is 3.13. The van der Waals surface area contributed by atoms with E-state index in [-0.39, 0.29) is 17.3 Å². The number of anilines is 1. The Labute approximate surface area is 189 Å². The van der Waals surface area contributed by atoms with Gasteiger partial charge in [-0.15, -0.1) is 0 Å². The molecule has 0 spiro atoms. The predicted molar refractivity (Wildman–Crippen MR) is 119 cm³/mol. The molecule has 2 aromatic carbocycles. The summed E-state index contributed by atoms with van der Waals surface area (Å²) in [7, 11) is 4.51. The van der Waals surface area contributed by atoms with E-state index in [1.54, 1.807) is 48.5 Å². The first-order chi connectivity index (χ1) is 16.0. The maximum Gasteiger partial charge on any atom is 0.302 e. The molecule has 1 saturated heterocycles. The van der Waals surface area contributed by atoms with Crippen LogP contribution in [0.25, 0.3) is 5.76 Å². The van der Waals surface area contributed by atoms with Crippen molar-refractivity contribution in [1.82, 2.24) is 9.97 Å². The van der Waals surface area contributed by atoms with E-state index in [1.165, 1.54) is 38.6 Å². The summed E-state index contributed by atoms with van der Waals surface area (Å²) in [6.07, 6.45) is 2.94. The molecule has 2 heterocycles. The zero-order chi connectivity index (χ0) is 23.5. The van der Waals surface area contributed by atoms with Crippen molar-refractivity contribution in [2.45, 2.75) is 6.04 Å². The van der Waals surface area contributed by atoms with Crippen LogP contribution < -0.4 is 19.1 Å². The second-order valence-electron chi connectivity index (χ2n) is 7.06. The number of hydrogen-bond donors (Lipinski definition) is 1. The molecule has 0 aliphatic carbocycles. The summed E-state index contributed by atoms with van der Waals surface area (Å²) in [5.41, 5.74) is 0.771. The number of benzene rings is 2. The van der Waals surface area contributed by atoms with E-state index in [4.69, 9.17) is 14.2 Å². The molecule has 0 saturated carbocycles. The Kier molecular flexibility index (Phi) is 5.95. The Morgan fingerprint density at radius 3 is 2.18 bits per heavy atom. The highest BCUT2D eigenvalue weighted by atomic mass is 16.5. The fraction of sp³-hybridized carbons (Fsp3) is 0.167. The normalized spacial score (nSPS) is 17.2. The lowest BCUT2D eigenvalue weighted by atomic mass is 9.95. The first kappa shape index (κ1) is 21.8. The van der Waals surface area contributed by atoms with Gasteiger partial charge in [-0.2, -0.15) is 0 Å². The molecule has 1 unspecified atom stereocenters. The molecule has 1 N–H and O–H groups in total. The van der Waals surface area contributed by atoms with Gasteiger partial charge < -0.3 is 19.3 Å². The molecule has 9 nitrogen and oxygen atoms in total. The average molecular weight is 447 g/mol. The molecule has 4 rings (SSSR count). The molecule has 1 aromatic heterocycles. The van der Waals surface area contributed by atoms with Crippen LogP contribution in [0, 0.1) is 0 Å². The van der Waals surface area contributed by atoms with Gasteiger partial charge in [0.15, 0.2) is 11.5 Å². The molecular weight excluding hydrogens is 426 g/mol. The molecule has 1 amide bonds. The Morgan fingerprint density at radius 2 is 1.58 bits per heavy atom. The van der Waals surface area contributed by atoms with Crippen LogP contribution >= 0.6 is 0 Å². The van der Waals surface area contributed by atoms with Crippen molar-refractivity contribution < 1.29 is 28.9 Å². The van der Waals surface area contributed by atoms with Crippen molar-refractivity contribution in [3.8, 4) is 17.2 Å². The number of rotatable bonds is 6. The summed E-state index contributed by atoms with van der Waals surface area (Å²) < 4.78 is 15.9. The molecule has 168 valence electrons. The number of aliphatic hydroxyl groups excluding tert-OH is 1. The van der Waals surface area contributed by atoms with Crippen LogP contribution in [0.1, 0.15) is 17.2 Å². The maximum atomic E-state index is 13.1. The van der Waals surface area contributed by atoms with Crippen LogP contribution in [0.4, 0.5) is 5.95 Å². The SMILES string of the molecule is COc1ccc(C(O)=C2C(=O)C(=O)N(c3ncccn3)C2c2ccc(OC)c(OC)c2)cc1. The minimum absolute atomic E-state index is 0.0353. The van der Waals surface area contributed by atoms with Crippen LogP contribution in [-0.2, 0) is 9.59 Å². The zero-order valence-corrected chi connectivity index (χ0v) is 18.2. The maximum absolute atomic E-state index is 13.1. The fourth-order valence-corrected chi connectivity index (χ4v) is 3.70. The van der Waals surface area contributed by atoms with Crippen LogP contribution in [0.3, 0.4) is 0 Å². The number of nitrogens with zero attached hydrogens (tertiary/aromatic N) is 3. The molecule has 0 radical (unpaired) electrons. The van der Waals surface area contributed by atoms with Crippen LogP contribution in [0.5, 0.6) is 17.2 Å².